The molecule has 1 saturated heterocycles. The molecule has 0 spiro atoms. The Morgan fingerprint density at radius 1 is 1.25 bits per heavy atom. The quantitative estimate of drug-likeness (QED) is 0.871. The number of hydrogen-bond donors (Lipinski definition) is 1. The molecule has 1 heterocycles. The summed E-state index contributed by atoms with van der Waals surface area (Å²) in [7, 11) is 0. The summed E-state index contributed by atoms with van der Waals surface area (Å²) in [6, 6.07) is 12.7. The zero-order valence-corrected chi connectivity index (χ0v) is 12.6. The summed E-state index contributed by atoms with van der Waals surface area (Å²) < 4.78 is 0. The Morgan fingerprint density at radius 2 is 2.00 bits per heavy atom. The molecule has 0 aromatic heterocycles. The van der Waals surface area contributed by atoms with Crippen LogP contribution in [0.25, 0.3) is 10.8 Å². The monoisotopic (exact) mass is 284 g/mol. The number of nitrogens with two attached hydrogens (primary N) is 1. The summed E-state index contributed by atoms with van der Waals surface area (Å²) in [5, 5.41) is 2.42. The fraction of sp³-hybridized carbons (Fsp3) is 0.353. The van der Waals surface area contributed by atoms with E-state index in [1.54, 1.807) is 0 Å². The smallest absolute Gasteiger partial charge is 0.104 e. The minimum absolute atomic E-state index is 0.473. The van der Waals surface area contributed by atoms with E-state index >= 15 is 0 Å². The van der Waals surface area contributed by atoms with Crippen molar-refractivity contribution in [2.75, 3.05) is 18.0 Å². The Labute approximate surface area is 125 Å². The first kappa shape index (κ1) is 13.4. The number of fused-ring (bicyclic) bond motifs is 1. The second-order valence-corrected chi connectivity index (χ2v) is 5.99. The third kappa shape index (κ3) is 2.27. The molecule has 1 aliphatic rings. The number of anilines is 1. The van der Waals surface area contributed by atoms with Crippen LogP contribution < -0.4 is 10.6 Å². The van der Waals surface area contributed by atoms with Gasteiger partial charge in [0, 0.05) is 29.7 Å². The second-order valence-electron chi connectivity index (χ2n) is 5.55. The lowest BCUT2D eigenvalue weighted by Crippen LogP contribution is -2.20. The van der Waals surface area contributed by atoms with Crippen molar-refractivity contribution in [3.8, 4) is 0 Å². The number of thiocarbonyl (C=S) groups is 1. The van der Waals surface area contributed by atoms with Gasteiger partial charge in [0.05, 0.1) is 0 Å². The average molecular weight is 284 g/mol. The van der Waals surface area contributed by atoms with E-state index in [9.17, 15) is 0 Å². The fourth-order valence-electron chi connectivity index (χ4n) is 3.16. The van der Waals surface area contributed by atoms with Gasteiger partial charge in [0.1, 0.15) is 4.99 Å². The Morgan fingerprint density at radius 3 is 2.65 bits per heavy atom. The minimum Gasteiger partial charge on any atom is -0.389 e. The molecule has 3 rings (SSSR count). The van der Waals surface area contributed by atoms with Crippen molar-refractivity contribution in [1.82, 2.24) is 0 Å². The van der Waals surface area contributed by atoms with E-state index in [0.717, 1.165) is 30.0 Å². The maximum Gasteiger partial charge on any atom is 0.104 e. The van der Waals surface area contributed by atoms with Gasteiger partial charge < -0.3 is 10.6 Å². The minimum atomic E-state index is 0.473. The third-order valence-corrected chi connectivity index (χ3v) is 4.59. The van der Waals surface area contributed by atoms with Gasteiger partial charge in [0.15, 0.2) is 0 Å². The van der Waals surface area contributed by atoms with Crippen LogP contribution in [0.2, 0.25) is 0 Å². The maximum atomic E-state index is 5.84. The number of rotatable bonds is 3. The second kappa shape index (κ2) is 5.41. The van der Waals surface area contributed by atoms with E-state index in [2.05, 4.69) is 42.2 Å². The van der Waals surface area contributed by atoms with Crippen molar-refractivity contribution in [2.45, 2.75) is 19.8 Å². The molecule has 0 bridgehead atoms. The van der Waals surface area contributed by atoms with E-state index in [4.69, 9.17) is 18.0 Å². The highest BCUT2D eigenvalue weighted by Gasteiger charge is 2.22. The van der Waals surface area contributed by atoms with Crippen LogP contribution in [0.3, 0.4) is 0 Å². The number of benzene rings is 2. The SMILES string of the molecule is CCC1CCN(c2ccc(C(N)=S)c3ccccc23)C1. The van der Waals surface area contributed by atoms with Crippen LogP contribution in [0.15, 0.2) is 36.4 Å². The van der Waals surface area contributed by atoms with Gasteiger partial charge in [-0.15, -0.1) is 0 Å². The summed E-state index contributed by atoms with van der Waals surface area (Å²) in [6.45, 7) is 4.59. The summed E-state index contributed by atoms with van der Waals surface area (Å²) in [4.78, 5) is 2.97. The number of nitrogens with zero attached hydrogens (tertiary/aromatic N) is 1. The average Bonchev–Trinajstić information content (AvgIpc) is 2.94. The summed E-state index contributed by atoms with van der Waals surface area (Å²) in [5.41, 5.74) is 8.14. The molecule has 1 unspecified atom stereocenters. The lowest BCUT2D eigenvalue weighted by Gasteiger charge is -2.21. The van der Waals surface area contributed by atoms with Crippen LogP contribution in [-0.4, -0.2) is 18.1 Å². The first-order chi connectivity index (χ1) is 9.70. The highest BCUT2D eigenvalue weighted by atomic mass is 32.1. The lowest BCUT2D eigenvalue weighted by atomic mass is 10.0. The zero-order chi connectivity index (χ0) is 14.1. The fourth-order valence-corrected chi connectivity index (χ4v) is 3.34. The predicted molar refractivity (Wildman–Crippen MR) is 90.4 cm³/mol. The van der Waals surface area contributed by atoms with Gasteiger partial charge in [0.2, 0.25) is 0 Å². The first-order valence-corrected chi connectivity index (χ1v) is 7.68. The van der Waals surface area contributed by atoms with Crippen molar-refractivity contribution in [1.29, 1.82) is 0 Å². The number of hydrogen-bond acceptors (Lipinski definition) is 2. The molecule has 2 N–H and O–H groups in total. The molecule has 2 nitrogen and oxygen atoms in total. The highest BCUT2D eigenvalue weighted by Crippen LogP contribution is 2.33. The van der Waals surface area contributed by atoms with E-state index in [-0.39, 0.29) is 0 Å². The third-order valence-electron chi connectivity index (χ3n) is 4.37. The summed E-state index contributed by atoms with van der Waals surface area (Å²) >= 11 is 5.17. The molecule has 0 aliphatic carbocycles. The van der Waals surface area contributed by atoms with Crippen LogP contribution in [0.1, 0.15) is 25.3 Å². The Kier molecular flexibility index (Phi) is 3.62. The molecule has 0 radical (unpaired) electrons. The molecule has 104 valence electrons. The molecular weight excluding hydrogens is 264 g/mol. The molecule has 2 aromatic rings. The molecule has 1 atom stereocenters. The highest BCUT2D eigenvalue weighted by molar-refractivity contribution is 7.80. The lowest BCUT2D eigenvalue weighted by molar-refractivity contribution is 0.569. The van der Waals surface area contributed by atoms with Crippen LogP contribution in [0.5, 0.6) is 0 Å². The first-order valence-electron chi connectivity index (χ1n) is 7.27. The summed E-state index contributed by atoms with van der Waals surface area (Å²) in [6.07, 6.45) is 2.56. The van der Waals surface area contributed by atoms with Gasteiger partial charge in [-0.05, 0) is 29.9 Å². The van der Waals surface area contributed by atoms with Gasteiger partial charge in [-0.1, -0.05) is 49.8 Å². The van der Waals surface area contributed by atoms with E-state index in [1.807, 2.05) is 6.07 Å². The largest absolute Gasteiger partial charge is 0.389 e. The predicted octanol–water partition coefficient (Wildman–Crippen LogP) is 3.71. The van der Waals surface area contributed by atoms with E-state index in [0.29, 0.717) is 4.99 Å². The van der Waals surface area contributed by atoms with E-state index in [1.165, 1.54) is 23.9 Å². The van der Waals surface area contributed by atoms with E-state index < -0.39 is 0 Å². The van der Waals surface area contributed by atoms with Gasteiger partial charge in [-0.3, -0.25) is 0 Å². The van der Waals surface area contributed by atoms with Crippen LogP contribution in [-0.2, 0) is 0 Å². The molecule has 1 fully saturated rings. The molecule has 0 amide bonds. The molecule has 1 aliphatic heterocycles. The normalized spacial score (nSPS) is 18.6. The van der Waals surface area contributed by atoms with Crippen molar-refractivity contribution in [2.24, 2.45) is 11.7 Å². The van der Waals surface area contributed by atoms with Crippen molar-refractivity contribution >= 4 is 33.7 Å². The van der Waals surface area contributed by atoms with Crippen molar-refractivity contribution in [3.05, 3.63) is 42.0 Å². The van der Waals surface area contributed by atoms with Gasteiger partial charge in [-0.25, -0.2) is 0 Å². The Bertz CT molecular complexity index is 650. The van der Waals surface area contributed by atoms with Gasteiger partial charge in [-0.2, -0.15) is 0 Å². The molecular formula is C17H20N2S. The van der Waals surface area contributed by atoms with Crippen LogP contribution in [0.4, 0.5) is 5.69 Å². The molecule has 2 aromatic carbocycles. The van der Waals surface area contributed by atoms with Crippen molar-refractivity contribution in [3.63, 3.8) is 0 Å². The standard InChI is InChI=1S/C17H20N2S/c1-2-12-9-10-19(11-12)16-8-7-15(17(18)20)13-5-3-4-6-14(13)16/h3-8,12H,2,9-11H2,1H3,(H2,18,20). The van der Waals surface area contributed by atoms with Crippen molar-refractivity contribution < 1.29 is 0 Å². The maximum absolute atomic E-state index is 5.84. The molecule has 3 heteroatoms. The van der Waals surface area contributed by atoms with Gasteiger partial charge >= 0.3 is 0 Å². The topological polar surface area (TPSA) is 29.3 Å². The zero-order valence-electron chi connectivity index (χ0n) is 11.8. The molecule has 0 saturated carbocycles. The Hall–Kier alpha value is -1.61. The van der Waals surface area contributed by atoms with Crippen LogP contribution >= 0.6 is 12.2 Å². The van der Waals surface area contributed by atoms with Crippen LogP contribution in [0, 0.1) is 5.92 Å². The Balaban J connectivity index is 2.09. The molecule has 20 heavy (non-hydrogen) atoms. The summed E-state index contributed by atoms with van der Waals surface area (Å²) in [5.74, 6) is 0.823. The van der Waals surface area contributed by atoms with Gasteiger partial charge in [0.25, 0.3) is 0 Å².